The Hall–Kier alpha value is -0.350. The molecule has 9 heavy (non-hydrogen) atoms. The molecule has 4 heteroatoms. The molecule has 0 bridgehead atoms. The first-order valence-electron chi connectivity index (χ1n) is 2.83. The third-order valence-corrected chi connectivity index (χ3v) is 0.963. The topological polar surface area (TPSA) is 59.1 Å². The number of hydrogen-bond donors (Lipinski definition) is 3. The summed E-state index contributed by atoms with van der Waals surface area (Å²) in [6.07, 6.45) is 0. The molecule has 0 aliphatic heterocycles. The van der Waals surface area contributed by atoms with Crippen molar-refractivity contribution in [3.63, 3.8) is 0 Å². The van der Waals surface area contributed by atoms with E-state index in [1.165, 1.54) is 0 Å². The van der Waals surface area contributed by atoms with Gasteiger partial charge in [0, 0.05) is 13.1 Å². The minimum Gasteiger partial charge on any atom is -0.363 e. The summed E-state index contributed by atoms with van der Waals surface area (Å²) in [5, 5.41) is 6.68. The molecule has 0 unspecified atom stereocenters. The highest BCUT2D eigenvalue weighted by Gasteiger charge is 1.84. The quantitative estimate of drug-likeness (QED) is 0.505. The van der Waals surface area contributed by atoms with E-state index in [9.17, 15) is 0 Å². The van der Waals surface area contributed by atoms with Crippen LogP contribution < -0.4 is 16.8 Å². The highest BCUT2D eigenvalue weighted by atomic mass is 32.1. The third kappa shape index (κ3) is 7.65. The summed E-state index contributed by atoms with van der Waals surface area (Å²) in [7, 11) is 0. The summed E-state index contributed by atoms with van der Waals surface area (Å²) in [5.41, 5.74) is 0. The van der Waals surface area contributed by atoms with E-state index in [1.807, 2.05) is 13.8 Å². The molecule has 0 fully saturated rings. The number of hydrogen-bond acceptors (Lipinski definition) is 2. The molecule has 0 rings (SSSR count). The predicted octanol–water partition coefficient (Wildman–Crippen LogP) is 0.652. The standard InChI is InChI=1S/C5H12N2S.H3N/c1-3-6-5(8)7-4-2;/h3-4H2,1-2H3,(H2,6,7,8);1H3. The van der Waals surface area contributed by atoms with Crippen molar-refractivity contribution in [3.8, 4) is 0 Å². The summed E-state index contributed by atoms with van der Waals surface area (Å²) in [5.74, 6) is 0. The first-order chi connectivity index (χ1) is 3.81. The lowest BCUT2D eigenvalue weighted by atomic mass is 10.7. The SMILES string of the molecule is CCNC(=S)NCC.N. The van der Waals surface area contributed by atoms with E-state index in [0.717, 1.165) is 18.2 Å². The summed E-state index contributed by atoms with van der Waals surface area (Å²) >= 11 is 4.83. The molecular weight excluding hydrogens is 134 g/mol. The van der Waals surface area contributed by atoms with Gasteiger partial charge in [-0.25, -0.2) is 0 Å². The van der Waals surface area contributed by atoms with Crippen molar-refractivity contribution in [2.75, 3.05) is 13.1 Å². The molecule has 0 aliphatic carbocycles. The van der Waals surface area contributed by atoms with Gasteiger partial charge in [0.2, 0.25) is 0 Å². The highest BCUT2D eigenvalue weighted by Crippen LogP contribution is 1.62. The molecule has 3 nitrogen and oxygen atoms in total. The molecular formula is C5H15N3S. The molecule has 0 atom stereocenters. The Morgan fingerprint density at radius 2 is 1.56 bits per heavy atom. The van der Waals surface area contributed by atoms with Crippen LogP contribution in [0.5, 0.6) is 0 Å². The second-order valence-corrected chi connectivity index (χ2v) is 1.80. The minimum atomic E-state index is 0. The molecule has 0 saturated heterocycles. The van der Waals surface area contributed by atoms with Crippen LogP contribution in [0.2, 0.25) is 0 Å². The van der Waals surface area contributed by atoms with Crippen LogP contribution in [0.25, 0.3) is 0 Å². The molecule has 0 aromatic rings. The van der Waals surface area contributed by atoms with Crippen molar-refractivity contribution in [2.45, 2.75) is 13.8 Å². The van der Waals surface area contributed by atoms with Gasteiger partial charge >= 0.3 is 0 Å². The van der Waals surface area contributed by atoms with Gasteiger partial charge in [0.1, 0.15) is 0 Å². The van der Waals surface area contributed by atoms with Crippen molar-refractivity contribution in [1.82, 2.24) is 16.8 Å². The maximum absolute atomic E-state index is 4.83. The van der Waals surface area contributed by atoms with Crippen molar-refractivity contribution < 1.29 is 0 Å². The van der Waals surface area contributed by atoms with Gasteiger partial charge in [-0.2, -0.15) is 0 Å². The molecule has 0 spiro atoms. The molecule has 0 radical (unpaired) electrons. The zero-order chi connectivity index (χ0) is 6.41. The van der Waals surface area contributed by atoms with Gasteiger partial charge in [0.25, 0.3) is 0 Å². The van der Waals surface area contributed by atoms with Crippen LogP contribution >= 0.6 is 12.2 Å². The van der Waals surface area contributed by atoms with E-state index in [2.05, 4.69) is 10.6 Å². The zero-order valence-electron chi connectivity index (χ0n) is 6.03. The van der Waals surface area contributed by atoms with E-state index in [-0.39, 0.29) is 6.15 Å². The monoisotopic (exact) mass is 149 g/mol. The number of nitrogens with one attached hydrogen (secondary N) is 2. The lowest BCUT2D eigenvalue weighted by Crippen LogP contribution is -2.34. The molecule has 0 saturated carbocycles. The fourth-order valence-electron chi connectivity index (χ4n) is 0.384. The van der Waals surface area contributed by atoms with E-state index >= 15 is 0 Å². The average Bonchev–Trinajstić information content (AvgIpc) is 1.68. The van der Waals surface area contributed by atoms with E-state index in [4.69, 9.17) is 12.2 Å². The van der Waals surface area contributed by atoms with Crippen LogP contribution in [0.15, 0.2) is 0 Å². The summed E-state index contributed by atoms with van der Waals surface area (Å²) < 4.78 is 0. The largest absolute Gasteiger partial charge is 0.363 e. The van der Waals surface area contributed by atoms with Gasteiger partial charge in [0.15, 0.2) is 5.11 Å². The van der Waals surface area contributed by atoms with Gasteiger partial charge in [-0.15, -0.1) is 0 Å². The van der Waals surface area contributed by atoms with Crippen molar-refractivity contribution >= 4 is 17.3 Å². The summed E-state index contributed by atoms with van der Waals surface area (Å²) in [6, 6.07) is 0. The second-order valence-electron chi connectivity index (χ2n) is 1.39. The Kier molecular flexibility index (Phi) is 9.73. The Morgan fingerprint density at radius 3 is 1.78 bits per heavy atom. The average molecular weight is 149 g/mol. The molecule has 0 amide bonds. The summed E-state index contributed by atoms with van der Waals surface area (Å²) in [6.45, 7) is 5.82. The molecule has 0 aliphatic rings. The Morgan fingerprint density at radius 1 is 1.22 bits per heavy atom. The van der Waals surface area contributed by atoms with E-state index in [0.29, 0.717) is 0 Å². The Balaban J connectivity index is 0. The first-order valence-corrected chi connectivity index (χ1v) is 3.23. The molecule has 0 aromatic heterocycles. The van der Waals surface area contributed by atoms with Gasteiger partial charge in [-0.05, 0) is 26.1 Å². The summed E-state index contributed by atoms with van der Waals surface area (Å²) in [4.78, 5) is 0. The maximum atomic E-state index is 4.83. The lowest BCUT2D eigenvalue weighted by molar-refractivity contribution is 0.883. The van der Waals surface area contributed by atoms with Crippen molar-refractivity contribution in [3.05, 3.63) is 0 Å². The number of rotatable bonds is 2. The molecule has 0 aromatic carbocycles. The van der Waals surface area contributed by atoms with Gasteiger partial charge in [0.05, 0.1) is 0 Å². The first kappa shape index (κ1) is 11.4. The van der Waals surface area contributed by atoms with Crippen LogP contribution in [0.1, 0.15) is 13.8 Å². The Labute approximate surface area is 61.8 Å². The van der Waals surface area contributed by atoms with Crippen LogP contribution in [-0.4, -0.2) is 18.2 Å². The smallest absolute Gasteiger partial charge is 0.166 e. The van der Waals surface area contributed by atoms with Gasteiger partial charge in [-0.3, -0.25) is 0 Å². The maximum Gasteiger partial charge on any atom is 0.166 e. The predicted molar refractivity (Wildman–Crippen MR) is 45.0 cm³/mol. The van der Waals surface area contributed by atoms with E-state index < -0.39 is 0 Å². The van der Waals surface area contributed by atoms with Crippen LogP contribution in [0.4, 0.5) is 0 Å². The van der Waals surface area contributed by atoms with Crippen molar-refractivity contribution in [2.24, 2.45) is 0 Å². The fraction of sp³-hybridized carbons (Fsp3) is 0.800. The van der Waals surface area contributed by atoms with E-state index in [1.54, 1.807) is 0 Å². The Bertz CT molecular complexity index is 66.6. The molecule has 5 N–H and O–H groups in total. The zero-order valence-corrected chi connectivity index (χ0v) is 6.85. The van der Waals surface area contributed by atoms with Crippen LogP contribution in [0.3, 0.4) is 0 Å². The third-order valence-electron chi connectivity index (χ3n) is 0.675. The second kappa shape index (κ2) is 7.65. The van der Waals surface area contributed by atoms with Crippen LogP contribution in [-0.2, 0) is 0 Å². The molecule has 56 valence electrons. The number of thiocarbonyl (C=S) groups is 1. The van der Waals surface area contributed by atoms with Crippen molar-refractivity contribution in [1.29, 1.82) is 0 Å². The van der Waals surface area contributed by atoms with Crippen LogP contribution in [0, 0.1) is 0 Å². The lowest BCUT2D eigenvalue weighted by Gasteiger charge is -2.03. The van der Waals surface area contributed by atoms with Gasteiger partial charge in [-0.1, -0.05) is 0 Å². The minimum absolute atomic E-state index is 0. The normalized spacial score (nSPS) is 7.33. The highest BCUT2D eigenvalue weighted by molar-refractivity contribution is 7.80. The fourth-order valence-corrected chi connectivity index (χ4v) is 0.672. The van der Waals surface area contributed by atoms with Gasteiger partial charge < -0.3 is 16.8 Å². The molecule has 0 heterocycles.